The van der Waals surface area contributed by atoms with Crippen LogP contribution < -0.4 is 5.32 Å². The average Bonchev–Trinajstić information content (AvgIpc) is 3.12. The number of halogens is 1. The van der Waals surface area contributed by atoms with Crippen LogP contribution in [0.3, 0.4) is 0 Å². The summed E-state index contributed by atoms with van der Waals surface area (Å²) in [5.74, 6) is -0.453. The van der Waals surface area contributed by atoms with Crippen molar-refractivity contribution in [3.63, 3.8) is 0 Å². The number of hydrogen-bond acceptors (Lipinski definition) is 4. The van der Waals surface area contributed by atoms with Crippen LogP contribution in [0.25, 0.3) is 16.7 Å². The lowest BCUT2D eigenvalue weighted by atomic mass is 9.86. The summed E-state index contributed by atoms with van der Waals surface area (Å²) >= 11 is 0. The van der Waals surface area contributed by atoms with Crippen LogP contribution in [0.5, 0.6) is 0 Å². The number of nitriles is 1. The quantitative estimate of drug-likeness (QED) is 0.373. The van der Waals surface area contributed by atoms with E-state index >= 15 is 0 Å². The minimum atomic E-state index is -1.61. The van der Waals surface area contributed by atoms with Gasteiger partial charge >= 0.3 is 0 Å². The molecule has 0 aliphatic carbocycles. The zero-order valence-electron chi connectivity index (χ0n) is 16.5. The van der Waals surface area contributed by atoms with Gasteiger partial charge in [-0.1, -0.05) is 42.5 Å². The summed E-state index contributed by atoms with van der Waals surface area (Å²) in [6, 6.07) is 22.3. The first-order chi connectivity index (χ1) is 15.0. The van der Waals surface area contributed by atoms with Gasteiger partial charge in [0.2, 0.25) is 5.91 Å². The predicted octanol–water partition coefficient (Wildman–Crippen LogP) is 3.58. The molecule has 0 fully saturated rings. The van der Waals surface area contributed by atoms with Crippen LogP contribution >= 0.6 is 0 Å². The molecule has 0 aliphatic rings. The molecule has 6 nitrogen and oxygen atoms in total. The van der Waals surface area contributed by atoms with Crippen LogP contribution in [-0.2, 0) is 16.8 Å². The highest BCUT2D eigenvalue weighted by molar-refractivity contribution is 5.79. The number of rotatable bonds is 6. The number of nitrogens with one attached hydrogen (secondary N) is 1. The van der Waals surface area contributed by atoms with Gasteiger partial charge in [-0.2, -0.15) is 5.26 Å². The summed E-state index contributed by atoms with van der Waals surface area (Å²) in [6.45, 7) is 0. The molecular formula is C24H19FN4O2. The summed E-state index contributed by atoms with van der Waals surface area (Å²) in [6.07, 6.45) is 1.28. The lowest BCUT2D eigenvalue weighted by Crippen LogP contribution is -2.36. The van der Waals surface area contributed by atoms with E-state index < -0.39 is 11.5 Å². The van der Waals surface area contributed by atoms with Crippen LogP contribution in [0.2, 0.25) is 0 Å². The van der Waals surface area contributed by atoms with E-state index in [0.29, 0.717) is 22.6 Å². The van der Waals surface area contributed by atoms with E-state index in [0.717, 1.165) is 5.52 Å². The molecule has 31 heavy (non-hydrogen) atoms. The maximum atomic E-state index is 13.5. The highest BCUT2D eigenvalue weighted by Gasteiger charge is 2.34. The highest BCUT2D eigenvalue weighted by Crippen LogP contribution is 2.32. The summed E-state index contributed by atoms with van der Waals surface area (Å²) in [5, 5.41) is 22.5. The van der Waals surface area contributed by atoms with Crippen molar-refractivity contribution in [2.75, 3.05) is 0 Å². The summed E-state index contributed by atoms with van der Waals surface area (Å²) in [4.78, 5) is 16.9. The Morgan fingerprint density at radius 3 is 2.45 bits per heavy atom. The van der Waals surface area contributed by atoms with Gasteiger partial charge in [-0.25, -0.2) is 9.37 Å². The third-order valence-electron chi connectivity index (χ3n) is 5.13. The zero-order valence-corrected chi connectivity index (χ0v) is 16.5. The van der Waals surface area contributed by atoms with Crippen molar-refractivity contribution in [1.82, 2.24) is 14.9 Å². The second-order valence-electron chi connectivity index (χ2n) is 7.24. The Hall–Kier alpha value is -4.02. The number of imidazole rings is 1. The Kier molecular flexibility index (Phi) is 5.48. The molecule has 0 unspecified atom stereocenters. The maximum Gasteiger partial charge on any atom is 0.236 e. The van der Waals surface area contributed by atoms with Gasteiger partial charge in [-0.05, 0) is 42.0 Å². The van der Waals surface area contributed by atoms with E-state index in [-0.39, 0.29) is 18.7 Å². The molecule has 4 aromatic rings. The molecule has 0 spiro atoms. The first kappa shape index (κ1) is 20.3. The molecule has 7 heteroatoms. The lowest BCUT2D eigenvalue weighted by Gasteiger charge is -2.28. The van der Waals surface area contributed by atoms with E-state index in [1.54, 1.807) is 42.6 Å². The molecule has 0 radical (unpaired) electrons. The Balaban J connectivity index is 1.84. The van der Waals surface area contributed by atoms with E-state index in [2.05, 4.69) is 10.3 Å². The Morgan fingerprint density at radius 2 is 1.74 bits per heavy atom. The molecule has 1 heterocycles. The van der Waals surface area contributed by atoms with E-state index in [9.17, 15) is 14.3 Å². The second-order valence-corrected chi connectivity index (χ2v) is 7.24. The lowest BCUT2D eigenvalue weighted by molar-refractivity contribution is -0.125. The molecule has 0 saturated heterocycles. The van der Waals surface area contributed by atoms with Gasteiger partial charge < -0.3 is 5.11 Å². The number of carbonyl (C=O) groups is 1. The van der Waals surface area contributed by atoms with E-state index in [4.69, 9.17) is 5.26 Å². The van der Waals surface area contributed by atoms with Crippen LogP contribution in [0.15, 0.2) is 78.9 Å². The number of benzene rings is 3. The summed E-state index contributed by atoms with van der Waals surface area (Å²) in [5.41, 5.74) is 1.10. The standard InChI is InChI=1S/C24H19FN4O2/c25-18-10-12-19(13-11-18)29-21-9-5-4-8-20(21)28-22(29)14-24(31,15-23(30)27-16-26)17-6-2-1-3-7-17/h1-13,31H,14-15H2,(H,27,30)/t24-/m1/s1. The van der Waals surface area contributed by atoms with Gasteiger partial charge in [0.15, 0.2) is 6.19 Å². The molecule has 1 atom stereocenters. The monoisotopic (exact) mass is 414 g/mol. The zero-order chi connectivity index (χ0) is 21.8. The second kappa shape index (κ2) is 8.38. The fourth-order valence-corrected chi connectivity index (χ4v) is 3.72. The first-order valence-corrected chi connectivity index (χ1v) is 9.68. The average molecular weight is 414 g/mol. The number of amides is 1. The van der Waals surface area contributed by atoms with E-state index in [1.807, 2.05) is 34.9 Å². The Bertz CT molecular complexity index is 1260. The van der Waals surface area contributed by atoms with Crippen LogP contribution in [-0.4, -0.2) is 20.6 Å². The third-order valence-corrected chi connectivity index (χ3v) is 5.13. The van der Waals surface area contributed by atoms with Crippen molar-refractivity contribution in [2.24, 2.45) is 0 Å². The van der Waals surface area contributed by atoms with Crippen molar-refractivity contribution in [3.05, 3.63) is 96.1 Å². The van der Waals surface area contributed by atoms with Crippen molar-refractivity contribution in [3.8, 4) is 11.9 Å². The predicted molar refractivity (Wildman–Crippen MR) is 113 cm³/mol. The Morgan fingerprint density at radius 1 is 1.06 bits per heavy atom. The van der Waals surface area contributed by atoms with Gasteiger partial charge in [0.25, 0.3) is 0 Å². The van der Waals surface area contributed by atoms with Crippen molar-refractivity contribution in [2.45, 2.75) is 18.4 Å². The fourth-order valence-electron chi connectivity index (χ4n) is 3.72. The molecule has 0 aliphatic heterocycles. The molecule has 2 N–H and O–H groups in total. The number of hydrogen-bond donors (Lipinski definition) is 2. The number of carbonyl (C=O) groups excluding carboxylic acids is 1. The highest BCUT2D eigenvalue weighted by atomic mass is 19.1. The molecule has 1 amide bonds. The fraction of sp³-hybridized carbons (Fsp3) is 0.125. The van der Waals surface area contributed by atoms with E-state index in [1.165, 1.54) is 12.1 Å². The number of fused-ring (bicyclic) bond motifs is 1. The normalized spacial score (nSPS) is 12.8. The molecule has 0 bridgehead atoms. The first-order valence-electron chi connectivity index (χ1n) is 9.68. The van der Waals surface area contributed by atoms with Crippen LogP contribution in [0, 0.1) is 17.3 Å². The number of para-hydroxylation sites is 2. The summed E-state index contributed by atoms with van der Waals surface area (Å²) in [7, 11) is 0. The molecule has 154 valence electrons. The molecule has 3 aromatic carbocycles. The van der Waals surface area contributed by atoms with Gasteiger partial charge in [0, 0.05) is 12.1 Å². The van der Waals surface area contributed by atoms with Gasteiger partial charge in [-0.15, -0.1) is 0 Å². The van der Waals surface area contributed by atoms with Crippen LogP contribution in [0.4, 0.5) is 4.39 Å². The number of nitrogens with zero attached hydrogens (tertiary/aromatic N) is 3. The Labute approximate surface area is 178 Å². The van der Waals surface area contributed by atoms with Gasteiger partial charge in [-0.3, -0.25) is 14.7 Å². The number of aliphatic hydroxyl groups is 1. The molecule has 0 saturated carbocycles. The minimum absolute atomic E-state index is 0.00190. The molecule has 1 aromatic heterocycles. The molecular weight excluding hydrogens is 395 g/mol. The van der Waals surface area contributed by atoms with Crippen molar-refractivity contribution < 1.29 is 14.3 Å². The molecule has 4 rings (SSSR count). The van der Waals surface area contributed by atoms with Gasteiger partial charge in [0.1, 0.15) is 17.2 Å². The smallest absolute Gasteiger partial charge is 0.236 e. The largest absolute Gasteiger partial charge is 0.384 e. The third kappa shape index (κ3) is 4.15. The van der Waals surface area contributed by atoms with Crippen molar-refractivity contribution >= 4 is 16.9 Å². The summed E-state index contributed by atoms with van der Waals surface area (Å²) < 4.78 is 15.4. The maximum absolute atomic E-state index is 13.5. The van der Waals surface area contributed by atoms with Crippen LogP contribution in [0.1, 0.15) is 17.8 Å². The minimum Gasteiger partial charge on any atom is -0.384 e. The number of aromatic nitrogens is 2. The van der Waals surface area contributed by atoms with Gasteiger partial charge in [0.05, 0.1) is 17.5 Å². The topological polar surface area (TPSA) is 90.9 Å². The van der Waals surface area contributed by atoms with Crippen molar-refractivity contribution in [1.29, 1.82) is 5.26 Å². The SMILES string of the molecule is N#CNC(=O)C[C@](O)(Cc1nc2ccccc2n1-c1ccc(F)cc1)c1ccccc1.